The number of fused-ring (bicyclic) bond motifs is 6. The lowest BCUT2D eigenvalue weighted by atomic mass is 9.92. The van der Waals surface area contributed by atoms with Gasteiger partial charge in [0.1, 0.15) is 11.2 Å². The van der Waals surface area contributed by atoms with Gasteiger partial charge < -0.3 is 4.42 Å². The van der Waals surface area contributed by atoms with E-state index in [1.807, 2.05) is 42.5 Å². The molecular weight excluding hydrogens is 623 g/mol. The zero-order valence-electron chi connectivity index (χ0n) is 27.5. The maximum absolute atomic E-state index is 6.64. The van der Waals surface area contributed by atoms with E-state index in [1.54, 1.807) is 0 Å². The van der Waals surface area contributed by atoms with Crippen molar-refractivity contribution in [3.63, 3.8) is 0 Å². The Hall–Kier alpha value is -6.91. The Labute approximate surface area is 294 Å². The smallest absolute Gasteiger partial charge is 0.167 e. The molecule has 2 heterocycles. The third-order valence-corrected chi connectivity index (χ3v) is 9.73. The lowest BCUT2D eigenvalue weighted by molar-refractivity contribution is 0.669. The summed E-state index contributed by atoms with van der Waals surface area (Å²) in [5.41, 5.74) is 8.88. The largest absolute Gasteiger partial charge is 0.455 e. The lowest BCUT2D eigenvalue weighted by Crippen LogP contribution is -2.00. The standard InChI is InChI=1S/C47H29N3O/c1-3-12-30(13-4-1)31-22-24-33(25-23-31)46-48-45(32-14-5-2-6-15-32)49-47(50-46)40-21-11-20-39-42-29-35(26-27-43(42)51-44(39)40)41-28-34-16-7-8-17-36(34)37-18-9-10-19-38(37)41/h1-29H. The molecule has 8 aromatic carbocycles. The molecule has 0 amide bonds. The van der Waals surface area contributed by atoms with Crippen LogP contribution in [-0.2, 0) is 0 Å². The predicted molar refractivity (Wildman–Crippen MR) is 209 cm³/mol. The maximum atomic E-state index is 6.64. The summed E-state index contributed by atoms with van der Waals surface area (Å²) in [5.74, 6) is 1.79. The van der Waals surface area contributed by atoms with Crippen LogP contribution in [0.5, 0.6) is 0 Å². The topological polar surface area (TPSA) is 51.8 Å². The molecule has 0 fully saturated rings. The van der Waals surface area contributed by atoms with Crippen LogP contribution in [-0.4, -0.2) is 15.0 Å². The van der Waals surface area contributed by atoms with E-state index in [1.165, 1.54) is 32.7 Å². The number of rotatable bonds is 5. The van der Waals surface area contributed by atoms with Crippen LogP contribution in [0.25, 0.3) is 99.9 Å². The van der Waals surface area contributed by atoms with Crippen molar-refractivity contribution in [2.24, 2.45) is 0 Å². The third-order valence-electron chi connectivity index (χ3n) is 9.73. The molecular formula is C47H29N3O. The molecule has 2 aromatic heterocycles. The van der Waals surface area contributed by atoms with Gasteiger partial charge in [-0.3, -0.25) is 0 Å². The Morgan fingerprint density at radius 3 is 1.63 bits per heavy atom. The highest BCUT2D eigenvalue weighted by Crippen LogP contribution is 2.40. The second-order valence-electron chi connectivity index (χ2n) is 12.8. The Morgan fingerprint density at radius 1 is 0.314 bits per heavy atom. The molecule has 0 saturated heterocycles. The van der Waals surface area contributed by atoms with E-state index in [2.05, 4.69) is 133 Å². The van der Waals surface area contributed by atoms with Gasteiger partial charge >= 0.3 is 0 Å². The first-order chi connectivity index (χ1) is 25.3. The van der Waals surface area contributed by atoms with E-state index < -0.39 is 0 Å². The van der Waals surface area contributed by atoms with Crippen LogP contribution in [0.2, 0.25) is 0 Å². The van der Waals surface area contributed by atoms with Crippen molar-refractivity contribution in [2.75, 3.05) is 0 Å². The number of hydrogen-bond acceptors (Lipinski definition) is 4. The number of furan rings is 1. The molecule has 0 bridgehead atoms. The fraction of sp³-hybridized carbons (Fsp3) is 0. The maximum Gasteiger partial charge on any atom is 0.167 e. The van der Waals surface area contributed by atoms with E-state index in [9.17, 15) is 0 Å². The fourth-order valence-corrected chi connectivity index (χ4v) is 7.22. The van der Waals surface area contributed by atoms with Crippen molar-refractivity contribution in [1.82, 2.24) is 15.0 Å². The van der Waals surface area contributed by atoms with E-state index in [0.29, 0.717) is 17.5 Å². The zero-order valence-corrected chi connectivity index (χ0v) is 27.5. The van der Waals surface area contributed by atoms with Gasteiger partial charge in [-0.15, -0.1) is 0 Å². The van der Waals surface area contributed by atoms with Gasteiger partial charge in [0.25, 0.3) is 0 Å². The van der Waals surface area contributed by atoms with Gasteiger partial charge in [0.15, 0.2) is 17.5 Å². The summed E-state index contributed by atoms with van der Waals surface area (Å²) < 4.78 is 6.64. The number of para-hydroxylation sites is 1. The first-order valence-electron chi connectivity index (χ1n) is 17.1. The summed E-state index contributed by atoms with van der Waals surface area (Å²) in [6.07, 6.45) is 0. The number of hydrogen-bond donors (Lipinski definition) is 0. The van der Waals surface area contributed by atoms with Crippen LogP contribution in [0.15, 0.2) is 180 Å². The second kappa shape index (κ2) is 11.9. The SMILES string of the molecule is c1ccc(-c2ccc(-c3nc(-c4ccccc4)nc(-c4cccc5c4oc4ccc(-c6cc7ccccc7c7ccccc67)cc45)n3)cc2)cc1. The summed E-state index contributed by atoms with van der Waals surface area (Å²) in [6.45, 7) is 0. The summed E-state index contributed by atoms with van der Waals surface area (Å²) >= 11 is 0. The number of nitrogens with zero attached hydrogens (tertiary/aromatic N) is 3. The molecule has 0 radical (unpaired) electrons. The zero-order chi connectivity index (χ0) is 33.7. The molecule has 0 N–H and O–H groups in total. The van der Waals surface area contributed by atoms with Crippen LogP contribution >= 0.6 is 0 Å². The van der Waals surface area contributed by atoms with Gasteiger partial charge in [-0.05, 0) is 68.1 Å². The van der Waals surface area contributed by atoms with Gasteiger partial charge in [0.05, 0.1) is 5.56 Å². The van der Waals surface area contributed by atoms with E-state index >= 15 is 0 Å². The van der Waals surface area contributed by atoms with Crippen molar-refractivity contribution in [1.29, 1.82) is 0 Å². The Bertz CT molecular complexity index is 2900. The van der Waals surface area contributed by atoms with Crippen molar-refractivity contribution < 1.29 is 4.42 Å². The van der Waals surface area contributed by atoms with Crippen molar-refractivity contribution in [2.45, 2.75) is 0 Å². The van der Waals surface area contributed by atoms with Gasteiger partial charge in [0, 0.05) is 21.9 Å². The molecule has 51 heavy (non-hydrogen) atoms. The Morgan fingerprint density at radius 2 is 0.863 bits per heavy atom. The average molecular weight is 652 g/mol. The van der Waals surface area contributed by atoms with E-state index in [4.69, 9.17) is 19.4 Å². The van der Waals surface area contributed by atoms with Crippen LogP contribution in [0.1, 0.15) is 0 Å². The van der Waals surface area contributed by atoms with Crippen LogP contribution in [0.4, 0.5) is 0 Å². The summed E-state index contributed by atoms with van der Waals surface area (Å²) in [4.78, 5) is 15.1. The average Bonchev–Trinajstić information content (AvgIpc) is 3.59. The normalized spacial score (nSPS) is 11.5. The molecule has 0 aliphatic rings. The Balaban J connectivity index is 1.13. The van der Waals surface area contributed by atoms with Crippen LogP contribution < -0.4 is 0 Å². The summed E-state index contributed by atoms with van der Waals surface area (Å²) in [6, 6.07) is 61.1. The molecule has 0 unspecified atom stereocenters. The Kier molecular flexibility index (Phi) is 6.78. The van der Waals surface area contributed by atoms with Gasteiger partial charge in [-0.2, -0.15) is 0 Å². The monoisotopic (exact) mass is 651 g/mol. The van der Waals surface area contributed by atoms with Crippen molar-refractivity contribution in [3.05, 3.63) is 176 Å². The molecule has 0 saturated carbocycles. The fourth-order valence-electron chi connectivity index (χ4n) is 7.22. The highest BCUT2D eigenvalue weighted by atomic mass is 16.3. The van der Waals surface area contributed by atoms with Gasteiger partial charge in [0.2, 0.25) is 0 Å². The summed E-state index contributed by atoms with van der Waals surface area (Å²) in [5, 5.41) is 7.03. The molecule has 4 heteroatoms. The first kappa shape index (κ1) is 29.0. The molecule has 0 aliphatic carbocycles. The second-order valence-corrected chi connectivity index (χ2v) is 12.8. The third kappa shape index (κ3) is 5.04. The minimum Gasteiger partial charge on any atom is -0.455 e. The molecule has 4 nitrogen and oxygen atoms in total. The molecule has 0 aliphatic heterocycles. The molecule has 10 rings (SSSR count). The van der Waals surface area contributed by atoms with Gasteiger partial charge in [-0.25, -0.2) is 15.0 Å². The molecule has 238 valence electrons. The minimum atomic E-state index is 0.566. The quantitative estimate of drug-likeness (QED) is 0.174. The van der Waals surface area contributed by atoms with Crippen LogP contribution in [0, 0.1) is 0 Å². The highest BCUT2D eigenvalue weighted by Gasteiger charge is 2.19. The molecule has 0 atom stereocenters. The number of aromatic nitrogens is 3. The van der Waals surface area contributed by atoms with Crippen molar-refractivity contribution >= 4 is 43.5 Å². The molecule has 10 aromatic rings. The summed E-state index contributed by atoms with van der Waals surface area (Å²) in [7, 11) is 0. The molecule has 0 spiro atoms. The lowest BCUT2D eigenvalue weighted by Gasteiger charge is -2.11. The van der Waals surface area contributed by atoms with Gasteiger partial charge in [-0.1, -0.05) is 152 Å². The van der Waals surface area contributed by atoms with Crippen molar-refractivity contribution in [3.8, 4) is 56.4 Å². The highest BCUT2D eigenvalue weighted by molar-refractivity contribution is 6.15. The van der Waals surface area contributed by atoms with E-state index in [-0.39, 0.29) is 0 Å². The van der Waals surface area contributed by atoms with Crippen LogP contribution in [0.3, 0.4) is 0 Å². The minimum absolute atomic E-state index is 0.566. The predicted octanol–water partition coefficient (Wildman–Crippen LogP) is 12.4. The first-order valence-corrected chi connectivity index (χ1v) is 17.1. The van der Waals surface area contributed by atoms with E-state index in [0.717, 1.165) is 49.8 Å². The number of benzene rings is 8.